The van der Waals surface area contributed by atoms with Gasteiger partial charge in [0.25, 0.3) is 0 Å². The Labute approximate surface area is 206 Å². The lowest BCUT2D eigenvalue weighted by molar-refractivity contribution is -0.143. The van der Waals surface area contributed by atoms with E-state index >= 15 is 0 Å². The third kappa shape index (κ3) is 7.97. The van der Waals surface area contributed by atoms with Crippen LogP contribution in [0, 0.1) is 6.92 Å². The van der Waals surface area contributed by atoms with Crippen LogP contribution in [0.4, 0.5) is 0 Å². The molecule has 1 aliphatic rings. The minimum Gasteiger partial charge on any atom is -0.467 e. The fraction of sp³-hybridized carbons (Fsp3) is 0.407. The SMILES string of the molecule is CCc1cccc(Cl)c1C.COC(=O)C(C/C=C/c1ccc(C2(O)CCOCC2)cc1)NC=O. The fourth-order valence-electron chi connectivity index (χ4n) is 3.73. The van der Waals surface area contributed by atoms with E-state index in [2.05, 4.69) is 30.0 Å². The number of aliphatic hydroxyl groups is 1. The number of rotatable bonds is 8. The Morgan fingerprint density at radius 1 is 1.24 bits per heavy atom. The van der Waals surface area contributed by atoms with Crippen LogP contribution < -0.4 is 5.32 Å². The van der Waals surface area contributed by atoms with E-state index in [1.54, 1.807) is 6.08 Å². The summed E-state index contributed by atoms with van der Waals surface area (Å²) in [5.41, 5.74) is 3.57. The Balaban J connectivity index is 0.000000340. The zero-order valence-electron chi connectivity index (χ0n) is 20.1. The number of halogens is 1. The van der Waals surface area contributed by atoms with E-state index in [4.69, 9.17) is 16.3 Å². The minimum atomic E-state index is -0.815. The topological polar surface area (TPSA) is 84.9 Å². The van der Waals surface area contributed by atoms with Crippen molar-refractivity contribution >= 4 is 30.1 Å². The van der Waals surface area contributed by atoms with Crippen LogP contribution in [-0.4, -0.2) is 43.9 Å². The van der Waals surface area contributed by atoms with Crippen LogP contribution in [0.25, 0.3) is 6.08 Å². The van der Waals surface area contributed by atoms with Gasteiger partial charge in [-0.25, -0.2) is 4.79 Å². The van der Waals surface area contributed by atoms with Crippen LogP contribution in [0.2, 0.25) is 5.02 Å². The van der Waals surface area contributed by atoms with Gasteiger partial charge in [-0.2, -0.15) is 0 Å². The van der Waals surface area contributed by atoms with Crippen molar-refractivity contribution in [2.24, 2.45) is 0 Å². The van der Waals surface area contributed by atoms with Gasteiger partial charge in [-0.3, -0.25) is 4.79 Å². The Bertz CT molecular complexity index is 952. The molecule has 2 N–H and O–H groups in total. The van der Waals surface area contributed by atoms with Gasteiger partial charge in [-0.1, -0.05) is 67.1 Å². The Morgan fingerprint density at radius 3 is 2.47 bits per heavy atom. The molecule has 184 valence electrons. The lowest BCUT2D eigenvalue weighted by Crippen LogP contribution is -2.36. The van der Waals surface area contributed by atoms with Crippen LogP contribution in [-0.2, 0) is 31.1 Å². The maximum atomic E-state index is 11.5. The predicted molar refractivity (Wildman–Crippen MR) is 135 cm³/mol. The Hall–Kier alpha value is -2.67. The summed E-state index contributed by atoms with van der Waals surface area (Å²) in [7, 11) is 1.28. The number of benzene rings is 2. The molecule has 1 amide bonds. The maximum absolute atomic E-state index is 11.5. The van der Waals surface area contributed by atoms with Crippen molar-refractivity contribution < 1.29 is 24.2 Å². The lowest BCUT2D eigenvalue weighted by atomic mass is 9.86. The molecule has 0 spiro atoms. The highest BCUT2D eigenvalue weighted by Gasteiger charge is 2.31. The summed E-state index contributed by atoms with van der Waals surface area (Å²) >= 11 is 5.89. The largest absolute Gasteiger partial charge is 0.467 e. The summed E-state index contributed by atoms with van der Waals surface area (Å²) in [5, 5.41) is 13.9. The summed E-state index contributed by atoms with van der Waals surface area (Å²) < 4.78 is 9.92. The monoisotopic (exact) mass is 487 g/mol. The van der Waals surface area contributed by atoms with Crippen molar-refractivity contribution in [1.82, 2.24) is 5.32 Å². The second kappa shape index (κ2) is 13.9. The summed E-state index contributed by atoms with van der Waals surface area (Å²) in [5.74, 6) is -0.483. The third-order valence-corrected chi connectivity index (χ3v) is 6.38. The van der Waals surface area contributed by atoms with Gasteiger partial charge in [0.15, 0.2) is 0 Å². The van der Waals surface area contributed by atoms with Gasteiger partial charge in [0.2, 0.25) is 6.41 Å². The van der Waals surface area contributed by atoms with Gasteiger partial charge in [0.1, 0.15) is 6.04 Å². The molecule has 1 saturated heterocycles. The zero-order chi connectivity index (χ0) is 25.0. The van der Waals surface area contributed by atoms with Crippen molar-refractivity contribution in [2.75, 3.05) is 20.3 Å². The van der Waals surface area contributed by atoms with E-state index < -0.39 is 17.6 Å². The first-order valence-corrected chi connectivity index (χ1v) is 11.8. The number of hydrogen-bond donors (Lipinski definition) is 2. The van der Waals surface area contributed by atoms with Gasteiger partial charge in [0.05, 0.1) is 12.7 Å². The molecule has 1 unspecified atom stereocenters. The van der Waals surface area contributed by atoms with Crippen molar-refractivity contribution in [3.63, 3.8) is 0 Å². The average Bonchev–Trinajstić information content (AvgIpc) is 2.86. The highest BCUT2D eigenvalue weighted by Crippen LogP contribution is 2.32. The molecule has 7 heteroatoms. The van der Waals surface area contributed by atoms with Crippen molar-refractivity contribution in [2.45, 2.75) is 51.2 Å². The van der Waals surface area contributed by atoms with Crippen LogP contribution in [0.15, 0.2) is 48.5 Å². The third-order valence-electron chi connectivity index (χ3n) is 5.97. The molecule has 0 aliphatic carbocycles. The average molecular weight is 488 g/mol. The molecule has 6 nitrogen and oxygen atoms in total. The number of amides is 1. The summed E-state index contributed by atoms with van der Waals surface area (Å²) in [6, 6.07) is 13.0. The molecule has 1 atom stereocenters. The number of hydrogen-bond acceptors (Lipinski definition) is 5. The van der Waals surface area contributed by atoms with Crippen molar-refractivity contribution in [3.8, 4) is 0 Å². The number of methoxy groups -OCH3 is 1. The molecule has 1 aliphatic heterocycles. The maximum Gasteiger partial charge on any atom is 0.328 e. The molecule has 0 aromatic heterocycles. The molecule has 2 aromatic rings. The molecular weight excluding hydrogens is 454 g/mol. The first kappa shape index (κ1) is 27.6. The molecule has 1 heterocycles. The normalized spacial score (nSPS) is 15.7. The number of carbonyl (C=O) groups is 2. The van der Waals surface area contributed by atoms with Crippen LogP contribution >= 0.6 is 11.6 Å². The summed E-state index contributed by atoms with van der Waals surface area (Å²) in [4.78, 5) is 22.0. The molecule has 0 saturated carbocycles. The van der Waals surface area contributed by atoms with Gasteiger partial charge in [-0.15, -0.1) is 0 Å². The Morgan fingerprint density at radius 2 is 1.91 bits per heavy atom. The first-order valence-electron chi connectivity index (χ1n) is 11.4. The van der Waals surface area contributed by atoms with E-state index in [1.807, 2.05) is 42.5 Å². The summed E-state index contributed by atoms with van der Waals surface area (Å²) in [6.07, 6.45) is 6.75. The van der Waals surface area contributed by atoms with E-state index in [0.29, 0.717) is 38.9 Å². The lowest BCUT2D eigenvalue weighted by Gasteiger charge is -2.32. The highest BCUT2D eigenvalue weighted by molar-refractivity contribution is 6.31. The number of carbonyl (C=O) groups excluding carboxylic acids is 2. The second-order valence-corrected chi connectivity index (χ2v) is 8.55. The van der Waals surface area contributed by atoms with E-state index in [9.17, 15) is 14.7 Å². The Kier molecular flexibility index (Phi) is 11.3. The summed E-state index contributed by atoms with van der Waals surface area (Å²) in [6.45, 7) is 5.33. The number of ether oxygens (including phenoxy) is 2. The van der Waals surface area contributed by atoms with Gasteiger partial charge in [0, 0.05) is 31.1 Å². The number of aryl methyl sites for hydroxylation is 1. The van der Waals surface area contributed by atoms with Crippen molar-refractivity contribution in [1.29, 1.82) is 0 Å². The minimum absolute atomic E-state index is 0.342. The molecule has 3 rings (SSSR count). The number of esters is 1. The van der Waals surface area contributed by atoms with Gasteiger partial charge in [-0.05, 0) is 48.1 Å². The van der Waals surface area contributed by atoms with Crippen LogP contribution in [0.1, 0.15) is 48.4 Å². The van der Waals surface area contributed by atoms with E-state index in [0.717, 1.165) is 22.6 Å². The zero-order valence-corrected chi connectivity index (χ0v) is 20.8. The quantitative estimate of drug-likeness (QED) is 0.420. The van der Waals surface area contributed by atoms with E-state index in [-0.39, 0.29) is 0 Å². The molecule has 0 radical (unpaired) electrons. The molecular formula is C27H34ClNO5. The van der Waals surface area contributed by atoms with Crippen LogP contribution in [0.5, 0.6) is 0 Å². The van der Waals surface area contributed by atoms with Gasteiger partial charge < -0.3 is 19.9 Å². The first-order chi connectivity index (χ1) is 16.3. The number of nitrogens with one attached hydrogen (secondary N) is 1. The van der Waals surface area contributed by atoms with Gasteiger partial charge >= 0.3 is 5.97 Å². The highest BCUT2D eigenvalue weighted by atomic mass is 35.5. The van der Waals surface area contributed by atoms with Crippen LogP contribution in [0.3, 0.4) is 0 Å². The second-order valence-electron chi connectivity index (χ2n) is 8.14. The molecule has 1 fully saturated rings. The van der Waals surface area contributed by atoms with E-state index in [1.165, 1.54) is 18.2 Å². The standard InChI is InChI=1S/C18H23NO5.C9H11Cl/c1-23-17(21)16(19-13-20)4-2-3-14-5-7-15(8-6-14)18(22)9-11-24-12-10-18;1-3-8-5-4-6-9(10)7(8)2/h2-3,5-8,13,16,22H,4,9-12H2,1H3,(H,19,20);4-6H,3H2,1-2H3/b3-2+;. The van der Waals surface area contributed by atoms with Crippen molar-refractivity contribution in [3.05, 3.63) is 75.8 Å². The molecule has 2 aromatic carbocycles. The fourth-order valence-corrected chi connectivity index (χ4v) is 3.93. The molecule has 0 bridgehead atoms. The smallest absolute Gasteiger partial charge is 0.328 e. The molecule has 34 heavy (non-hydrogen) atoms. The predicted octanol–water partition coefficient (Wildman–Crippen LogP) is 4.59.